The summed E-state index contributed by atoms with van der Waals surface area (Å²) in [5.74, 6) is 0.141. The van der Waals surface area contributed by atoms with Gasteiger partial charge in [0.15, 0.2) is 9.84 Å². The predicted molar refractivity (Wildman–Crippen MR) is 113 cm³/mol. The minimum absolute atomic E-state index is 0.0219. The summed E-state index contributed by atoms with van der Waals surface area (Å²) in [5, 5.41) is 0. The molecule has 1 amide bonds. The number of carbonyl (C=O) groups is 1. The quantitative estimate of drug-likeness (QED) is 0.767. The van der Waals surface area contributed by atoms with Gasteiger partial charge < -0.3 is 4.90 Å². The zero-order valence-electron chi connectivity index (χ0n) is 16.9. The third kappa shape index (κ3) is 5.02. The van der Waals surface area contributed by atoms with Crippen LogP contribution >= 0.6 is 0 Å². The summed E-state index contributed by atoms with van der Waals surface area (Å²) in [6.45, 7) is 6.93. The van der Waals surface area contributed by atoms with Crippen molar-refractivity contribution in [2.45, 2.75) is 45.1 Å². The molecule has 0 aromatic heterocycles. The van der Waals surface area contributed by atoms with Gasteiger partial charge in [-0.1, -0.05) is 63.2 Å². The SMILES string of the molecule is CC(C)(C)c1ccc(C(=O)N(CCc2ccccc2)[C@H]2CCS(=O)(=O)C2)cc1. The van der Waals surface area contributed by atoms with E-state index in [0.717, 1.165) is 5.56 Å². The summed E-state index contributed by atoms with van der Waals surface area (Å²) in [4.78, 5) is 15.0. The van der Waals surface area contributed by atoms with Crippen molar-refractivity contribution in [1.29, 1.82) is 0 Å². The Labute approximate surface area is 168 Å². The maximum atomic E-state index is 13.3. The second-order valence-electron chi connectivity index (χ2n) is 8.62. The van der Waals surface area contributed by atoms with Crippen molar-refractivity contribution in [3.8, 4) is 0 Å². The molecule has 0 saturated carbocycles. The van der Waals surface area contributed by atoms with Crippen LogP contribution in [0.5, 0.6) is 0 Å². The van der Waals surface area contributed by atoms with Gasteiger partial charge in [0.05, 0.1) is 11.5 Å². The number of rotatable bonds is 5. The van der Waals surface area contributed by atoms with Crippen LogP contribution in [0.25, 0.3) is 0 Å². The molecule has 2 aromatic rings. The van der Waals surface area contributed by atoms with Crippen LogP contribution in [0.2, 0.25) is 0 Å². The minimum Gasteiger partial charge on any atom is -0.334 e. The molecule has 1 aliphatic heterocycles. The topological polar surface area (TPSA) is 54.5 Å². The zero-order chi connectivity index (χ0) is 20.4. The lowest BCUT2D eigenvalue weighted by Gasteiger charge is -2.29. The highest BCUT2D eigenvalue weighted by Crippen LogP contribution is 2.24. The molecule has 1 saturated heterocycles. The number of amides is 1. The van der Waals surface area contributed by atoms with Crippen LogP contribution in [-0.4, -0.2) is 43.3 Å². The minimum atomic E-state index is -3.06. The van der Waals surface area contributed by atoms with E-state index in [-0.39, 0.29) is 28.9 Å². The molecule has 0 N–H and O–H groups in total. The van der Waals surface area contributed by atoms with E-state index in [4.69, 9.17) is 0 Å². The van der Waals surface area contributed by atoms with Gasteiger partial charge in [0.1, 0.15) is 0 Å². The van der Waals surface area contributed by atoms with Crippen molar-refractivity contribution < 1.29 is 13.2 Å². The highest BCUT2D eigenvalue weighted by molar-refractivity contribution is 7.91. The second kappa shape index (κ2) is 8.08. The molecule has 1 fully saturated rings. The molecule has 28 heavy (non-hydrogen) atoms. The first kappa shape index (κ1) is 20.6. The molecule has 150 valence electrons. The van der Waals surface area contributed by atoms with E-state index in [0.29, 0.717) is 24.9 Å². The largest absolute Gasteiger partial charge is 0.334 e. The van der Waals surface area contributed by atoms with Crippen molar-refractivity contribution >= 4 is 15.7 Å². The molecule has 0 bridgehead atoms. The summed E-state index contributed by atoms with van der Waals surface area (Å²) in [6.07, 6.45) is 1.23. The van der Waals surface area contributed by atoms with Gasteiger partial charge in [0.25, 0.3) is 5.91 Å². The maximum Gasteiger partial charge on any atom is 0.254 e. The number of hydrogen-bond donors (Lipinski definition) is 0. The molecule has 1 atom stereocenters. The van der Waals surface area contributed by atoms with E-state index in [9.17, 15) is 13.2 Å². The molecule has 1 heterocycles. The Balaban J connectivity index is 1.82. The van der Waals surface area contributed by atoms with Gasteiger partial charge in [-0.15, -0.1) is 0 Å². The Morgan fingerprint density at radius 2 is 1.68 bits per heavy atom. The Hall–Kier alpha value is -2.14. The van der Waals surface area contributed by atoms with Crippen molar-refractivity contribution in [3.63, 3.8) is 0 Å². The molecule has 0 radical (unpaired) electrons. The van der Waals surface area contributed by atoms with Crippen LogP contribution in [0.15, 0.2) is 54.6 Å². The Bertz CT molecular complexity index is 913. The van der Waals surface area contributed by atoms with Gasteiger partial charge >= 0.3 is 0 Å². The maximum absolute atomic E-state index is 13.3. The van der Waals surface area contributed by atoms with Crippen LogP contribution in [0, 0.1) is 0 Å². The third-order valence-corrected chi connectivity index (χ3v) is 7.14. The highest BCUT2D eigenvalue weighted by Gasteiger charge is 2.34. The number of benzene rings is 2. The Kier molecular flexibility index (Phi) is 5.94. The average Bonchev–Trinajstić information content (AvgIpc) is 3.01. The molecule has 1 aliphatic rings. The van der Waals surface area contributed by atoms with Gasteiger partial charge in [-0.3, -0.25) is 4.79 Å². The molecule has 0 spiro atoms. The van der Waals surface area contributed by atoms with E-state index in [1.807, 2.05) is 54.6 Å². The normalized spacial score (nSPS) is 18.8. The van der Waals surface area contributed by atoms with Crippen LogP contribution in [0.4, 0.5) is 0 Å². The lowest BCUT2D eigenvalue weighted by molar-refractivity contribution is 0.0699. The Morgan fingerprint density at radius 1 is 1.04 bits per heavy atom. The van der Waals surface area contributed by atoms with Crippen LogP contribution in [0.1, 0.15) is 48.7 Å². The Morgan fingerprint density at radius 3 is 2.21 bits per heavy atom. The van der Waals surface area contributed by atoms with E-state index < -0.39 is 9.84 Å². The number of hydrogen-bond acceptors (Lipinski definition) is 3. The lowest BCUT2D eigenvalue weighted by Crippen LogP contribution is -2.42. The van der Waals surface area contributed by atoms with Crippen molar-refractivity contribution in [1.82, 2.24) is 4.90 Å². The third-order valence-electron chi connectivity index (χ3n) is 5.39. The van der Waals surface area contributed by atoms with Crippen LogP contribution < -0.4 is 0 Å². The van der Waals surface area contributed by atoms with E-state index in [2.05, 4.69) is 20.8 Å². The molecule has 0 aliphatic carbocycles. The first-order valence-corrected chi connectivity index (χ1v) is 11.6. The molecule has 0 unspecified atom stereocenters. The fraction of sp³-hybridized carbons (Fsp3) is 0.435. The molecule has 4 nitrogen and oxygen atoms in total. The van der Waals surface area contributed by atoms with E-state index in [1.165, 1.54) is 5.56 Å². The molecule has 2 aromatic carbocycles. The van der Waals surface area contributed by atoms with E-state index >= 15 is 0 Å². The van der Waals surface area contributed by atoms with Gasteiger partial charge in [-0.2, -0.15) is 0 Å². The monoisotopic (exact) mass is 399 g/mol. The first-order valence-electron chi connectivity index (χ1n) is 9.81. The molecular formula is C23H29NO3S. The summed E-state index contributed by atoms with van der Waals surface area (Å²) >= 11 is 0. The summed E-state index contributed by atoms with van der Waals surface area (Å²) in [5.41, 5.74) is 2.95. The van der Waals surface area contributed by atoms with Gasteiger partial charge in [-0.25, -0.2) is 8.42 Å². The molecular weight excluding hydrogens is 370 g/mol. The van der Waals surface area contributed by atoms with Crippen molar-refractivity contribution in [2.75, 3.05) is 18.1 Å². The fourth-order valence-electron chi connectivity index (χ4n) is 3.64. The van der Waals surface area contributed by atoms with Crippen LogP contribution in [0.3, 0.4) is 0 Å². The molecule has 5 heteroatoms. The van der Waals surface area contributed by atoms with Gasteiger partial charge in [0.2, 0.25) is 0 Å². The van der Waals surface area contributed by atoms with Gasteiger partial charge in [-0.05, 0) is 41.5 Å². The molecule has 3 rings (SSSR count). The van der Waals surface area contributed by atoms with Gasteiger partial charge in [0, 0.05) is 18.2 Å². The summed E-state index contributed by atoms with van der Waals surface area (Å²) < 4.78 is 24.0. The average molecular weight is 400 g/mol. The van der Waals surface area contributed by atoms with Crippen molar-refractivity contribution in [2.24, 2.45) is 0 Å². The highest BCUT2D eigenvalue weighted by atomic mass is 32.2. The smallest absolute Gasteiger partial charge is 0.254 e. The number of nitrogens with zero attached hydrogens (tertiary/aromatic N) is 1. The van der Waals surface area contributed by atoms with Crippen molar-refractivity contribution in [3.05, 3.63) is 71.3 Å². The first-order chi connectivity index (χ1) is 13.2. The lowest BCUT2D eigenvalue weighted by atomic mass is 9.86. The number of carbonyl (C=O) groups excluding carboxylic acids is 1. The zero-order valence-corrected chi connectivity index (χ0v) is 17.7. The predicted octanol–water partition coefficient (Wildman–Crippen LogP) is 3.86. The number of sulfone groups is 1. The summed E-state index contributed by atoms with van der Waals surface area (Å²) in [7, 11) is -3.06. The van der Waals surface area contributed by atoms with E-state index in [1.54, 1.807) is 4.90 Å². The van der Waals surface area contributed by atoms with Crippen LogP contribution in [-0.2, 0) is 21.7 Å². The fourth-order valence-corrected chi connectivity index (χ4v) is 5.37. The second-order valence-corrected chi connectivity index (χ2v) is 10.8. The standard InChI is InChI=1S/C23H29NO3S/c1-23(2,3)20-11-9-19(10-12-20)22(25)24(21-14-16-28(26,27)17-21)15-13-18-7-5-4-6-8-18/h4-12,21H,13-17H2,1-3H3/t21-/m0/s1. The summed E-state index contributed by atoms with van der Waals surface area (Å²) in [6, 6.07) is 17.5.